The quantitative estimate of drug-likeness (QED) is 0.321. The van der Waals surface area contributed by atoms with Crippen LogP contribution in [0, 0.1) is 0 Å². The lowest BCUT2D eigenvalue weighted by molar-refractivity contribution is -0.113. The van der Waals surface area contributed by atoms with Gasteiger partial charge in [-0.2, -0.15) is 5.10 Å². The number of ether oxygens (including phenoxy) is 2. The number of thioether (sulfide) groups is 1. The first-order valence-electron chi connectivity index (χ1n) is 9.99. The van der Waals surface area contributed by atoms with Crippen molar-refractivity contribution in [2.45, 2.75) is 0 Å². The highest BCUT2D eigenvalue weighted by atomic mass is 32.2. The van der Waals surface area contributed by atoms with Gasteiger partial charge in [0.2, 0.25) is 5.17 Å². The minimum Gasteiger partial charge on any atom is -0.508 e. The van der Waals surface area contributed by atoms with E-state index >= 15 is 0 Å². The number of phenols is 1. The number of phenolic OH excluding ortho intramolecular Hbond substituents is 1. The lowest BCUT2D eigenvalue weighted by atomic mass is 10.2. The monoisotopic (exact) mass is 459 g/mol. The van der Waals surface area contributed by atoms with E-state index in [4.69, 9.17) is 9.47 Å². The number of carbonyl (C=O) groups excluding carboxylic acids is 1. The third-order valence-corrected chi connectivity index (χ3v) is 5.75. The molecule has 1 fully saturated rings. The molecule has 3 aromatic rings. The van der Waals surface area contributed by atoms with Gasteiger partial charge in [0.15, 0.2) is 0 Å². The molecule has 1 amide bonds. The summed E-state index contributed by atoms with van der Waals surface area (Å²) in [6.07, 6.45) is 3.41. The molecule has 4 rings (SSSR count). The molecule has 0 atom stereocenters. The zero-order valence-electron chi connectivity index (χ0n) is 18.0. The number of rotatable bonds is 6. The highest BCUT2D eigenvalue weighted by Crippen LogP contribution is 2.36. The zero-order valence-corrected chi connectivity index (χ0v) is 18.8. The van der Waals surface area contributed by atoms with E-state index in [2.05, 4.69) is 10.2 Å². The van der Waals surface area contributed by atoms with E-state index in [1.54, 1.807) is 38.6 Å². The Hall–Kier alpha value is -4.04. The van der Waals surface area contributed by atoms with Crippen LogP contribution < -0.4 is 14.4 Å². The van der Waals surface area contributed by atoms with Gasteiger partial charge >= 0.3 is 0 Å². The number of amidine groups is 1. The summed E-state index contributed by atoms with van der Waals surface area (Å²) >= 11 is 1.23. The molecule has 0 bridgehead atoms. The Labute approximate surface area is 195 Å². The van der Waals surface area contributed by atoms with Gasteiger partial charge < -0.3 is 14.6 Å². The van der Waals surface area contributed by atoms with Gasteiger partial charge in [0, 0.05) is 0 Å². The lowest BCUT2D eigenvalue weighted by Gasteiger charge is -2.14. The minimum atomic E-state index is -0.222. The molecule has 8 heteroatoms. The maximum absolute atomic E-state index is 13.2. The first-order chi connectivity index (χ1) is 16.1. The highest BCUT2D eigenvalue weighted by molar-refractivity contribution is 8.19. The largest absolute Gasteiger partial charge is 0.508 e. The van der Waals surface area contributed by atoms with E-state index in [1.807, 2.05) is 48.5 Å². The normalized spacial score (nSPS) is 16.2. The molecule has 1 aliphatic rings. The van der Waals surface area contributed by atoms with E-state index in [9.17, 15) is 9.90 Å². The molecule has 0 aliphatic carbocycles. The van der Waals surface area contributed by atoms with Crippen molar-refractivity contribution in [1.82, 2.24) is 0 Å². The first-order valence-corrected chi connectivity index (χ1v) is 10.8. The fraction of sp³-hybridized carbons (Fsp3) is 0.0800. The molecule has 166 valence electrons. The van der Waals surface area contributed by atoms with Gasteiger partial charge in [-0.05, 0) is 89.6 Å². The van der Waals surface area contributed by atoms with Crippen LogP contribution in [0.5, 0.6) is 17.2 Å². The second-order valence-electron chi connectivity index (χ2n) is 6.94. The molecule has 0 unspecified atom stereocenters. The molecule has 0 radical (unpaired) electrons. The Bertz CT molecular complexity index is 1220. The Morgan fingerprint density at radius 1 is 0.848 bits per heavy atom. The summed E-state index contributed by atoms with van der Waals surface area (Å²) in [5.74, 6) is 1.38. The van der Waals surface area contributed by atoms with Crippen LogP contribution >= 0.6 is 11.8 Å². The Morgan fingerprint density at radius 3 is 2.00 bits per heavy atom. The molecule has 1 saturated heterocycles. The van der Waals surface area contributed by atoms with E-state index in [1.165, 1.54) is 28.8 Å². The van der Waals surface area contributed by atoms with Crippen molar-refractivity contribution in [3.8, 4) is 17.2 Å². The number of nitrogens with zero attached hydrogens (tertiary/aromatic N) is 3. The summed E-state index contributed by atoms with van der Waals surface area (Å²) in [5, 5.41) is 18.5. The molecule has 1 heterocycles. The van der Waals surface area contributed by atoms with Crippen LogP contribution in [-0.2, 0) is 4.79 Å². The standard InChI is InChI=1S/C25H21N3O4S/c1-31-21-11-3-17(4-12-21)15-23-24(30)28(19-7-9-20(29)10-8-19)25(33-23)27-26-16-18-5-13-22(32-2)14-6-18/h3-16,29H,1-2H3/b23-15-,26-16+,27-25+. The number of benzene rings is 3. The average Bonchev–Trinajstić information content (AvgIpc) is 3.15. The Kier molecular flexibility index (Phi) is 6.75. The Balaban J connectivity index is 1.64. The smallest absolute Gasteiger partial charge is 0.271 e. The molecular weight excluding hydrogens is 438 g/mol. The van der Waals surface area contributed by atoms with Crippen molar-refractivity contribution in [2.75, 3.05) is 19.1 Å². The van der Waals surface area contributed by atoms with Crippen LogP contribution in [0.1, 0.15) is 11.1 Å². The van der Waals surface area contributed by atoms with Crippen LogP contribution in [0.3, 0.4) is 0 Å². The van der Waals surface area contributed by atoms with Crippen LogP contribution in [0.4, 0.5) is 5.69 Å². The summed E-state index contributed by atoms with van der Waals surface area (Å²) < 4.78 is 10.4. The maximum atomic E-state index is 13.2. The van der Waals surface area contributed by atoms with Gasteiger partial charge in [0.05, 0.1) is 31.0 Å². The van der Waals surface area contributed by atoms with Gasteiger partial charge in [-0.15, -0.1) is 5.10 Å². The fourth-order valence-electron chi connectivity index (χ4n) is 3.06. The van der Waals surface area contributed by atoms with Crippen LogP contribution in [-0.4, -0.2) is 36.6 Å². The second-order valence-corrected chi connectivity index (χ2v) is 7.95. The molecule has 33 heavy (non-hydrogen) atoms. The molecular formula is C25H21N3O4S. The molecule has 0 spiro atoms. The summed E-state index contributed by atoms with van der Waals surface area (Å²) in [5.41, 5.74) is 2.29. The predicted molar refractivity (Wildman–Crippen MR) is 132 cm³/mol. The van der Waals surface area contributed by atoms with E-state index in [0.29, 0.717) is 15.8 Å². The number of methoxy groups -OCH3 is 2. The number of aromatic hydroxyl groups is 1. The van der Waals surface area contributed by atoms with Crippen molar-refractivity contribution in [3.05, 3.63) is 88.8 Å². The zero-order chi connectivity index (χ0) is 23.2. The molecule has 1 N–H and O–H groups in total. The third kappa shape index (κ3) is 5.24. The molecule has 0 saturated carbocycles. The molecule has 1 aliphatic heterocycles. The fourth-order valence-corrected chi connectivity index (χ4v) is 3.99. The third-order valence-electron chi connectivity index (χ3n) is 4.79. The van der Waals surface area contributed by atoms with Gasteiger partial charge in [0.25, 0.3) is 5.91 Å². The van der Waals surface area contributed by atoms with Crippen molar-refractivity contribution in [1.29, 1.82) is 0 Å². The maximum Gasteiger partial charge on any atom is 0.271 e. The van der Waals surface area contributed by atoms with E-state index in [0.717, 1.165) is 22.6 Å². The lowest BCUT2D eigenvalue weighted by Crippen LogP contribution is -2.28. The summed E-state index contributed by atoms with van der Waals surface area (Å²) in [6, 6.07) is 21.2. The number of hydrogen-bond donors (Lipinski definition) is 1. The predicted octanol–water partition coefficient (Wildman–Crippen LogP) is 4.92. The van der Waals surface area contributed by atoms with Crippen molar-refractivity contribution < 1.29 is 19.4 Å². The number of anilines is 1. The molecule has 0 aromatic heterocycles. The van der Waals surface area contributed by atoms with Crippen LogP contribution in [0.2, 0.25) is 0 Å². The van der Waals surface area contributed by atoms with E-state index < -0.39 is 0 Å². The van der Waals surface area contributed by atoms with Gasteiger partial charge in [-0.1, -0.05) is 12.1 Å². The first kappa shape index (κ1) is 22.2. The molecule has 3 aromatic carbocycles. The number of hydrogen-bond acceptors (Lipinski definition) is 7. The topological polar surface area (TPSA) is 83.7 Å². The highest BCUT2D eigenvalue weighted by Gasteiger charge is 2.35. The van der Waals surface area contributed by atoms with E-state index in [-0.39, 0.29) is 11.7 Å². The van der Waals surface area contributed by atoms with Gasteiger partial charge in [-0.3, -0.25) is 9.69 Å². The van der Waals surface area contributed by atoms with Gasteiger partial charge in [0.1, 0.15) is 17.2 Å². The SMILES string of the molecule is COc1ccc(/C=C2\S/C(=N/N=C/c3ccc(OC)cc3)N(c3ccc(O)cc3)C2=O)cc1. The van der Waals surface area contributed by atoms with Crippen LogP contribution in [0.25, 0.3) is 6.08 Å². The van der Waals surface area contributed by atoms with Crippen LogP contribution in [0.15, 0.2) is 87.9 Å². The second kappa shape index (κ2) is 10.1. The average molecular weight is 460 g/mol. The summed E-state index contributed by atoms with van der Waals surface area (Å²) in [4.78, 5) is 15.2. The van der Waals surface area contributed by atoms with Crippen molar-refractivity contribution in [3.63, 3.8) is 0 Å². The Morgan fingerprint density at radius 2 is 1.42 bits per heavy atom. The van der Waals surface area contributed by atoms with Crippen molar-refractivity contribution >= 4 is 40.8 Å². The molecule has 7 nitrogen and oxygen atoms in total. The summed E-state index contributed by atoms with van der Waals surface area (Å²) in [7, 11) is 3.22. The number of amides is 1. The number of carbonyl (C=O) groups is 1. The minimum absolute atomic E-state index is 0.114. The van der Waals surface area contributed by atoms with Crippen molar-refractivity contribution in [2.24, 2.45) is 10.2 Å². The summed E-state index contributed by atoms with van der Waals surface area (Å²) in [6.45, 7) is 0. The van der Waals surface area contributed by atoms with Gasteiger partial charge in [-0.25, -0.2) is 0 Å².